The Morgan fingerprint density at radius 1 is 0.875 bits per heavy atom. The van der Waals surface area contributed by atoms with Crippen LogP contribution in [0, 0.1) is 0 Å². The molecule has 0 N–H and O–H groups in total. The van der Waals surface area contributed by atoms with E-state index >= 15 is 0 Å². The monoisotopic (exact) mass is 228 g/mol. The average Bonchev–Trinajstić information content (AvgIpc) is 1.87. The van der Waals surface area contributed by atoms with Gasteiger partial charge in [0, 0.05) is 0 Å². The van der Waals surface area contributed by atoms with Crippen molar-refractivity contribution >= 4 is 19.6 Å². The SMILES string of the molecule is C[O][Sn]([CH3])([O]C)[O]C. The summed E-state index contributed by atoms with van der Waals surface area (Å²) in [7, 11) is 4.84. The number of rotatable bonds is 3. The van der Waals surface area contributed by atoms with Crippen LogP contribution in [0.4, 0.5) is 0 Å². The van der Waals surface area contributed by atoms with Crippen LogP contribution in [0.5, 0.6) is 0 Å². The molecule has 0 unspecified atom stereocenters. The summed E-state index contributed by atoms with van der Waals surface area (Å²) in [6.07, 6.45) is 0. The molecule has 0 bridgehead atoms. The molecule has 8 heavy (non-hydrogen) atoms. The third-order valence-electron chi connectivity index (χ3n) is 1.11. The standard InChI is InChI=1S/3CH3O.CH3.Sn/c3*1-2;;/h3*1H3;1H3;/q3*-1;;+3. The molecule has 0 heterocycles. The van der Waals surface area contributed by atoms with E-state index in [2.05, 4.69) is 0 Å². The van der Waals surface area contributed by atoms with Crippen LogP contribution in [-0.2, 0) is 9.22 Å². The molecule has 0 rings (SSSR count). The molecule has 0 saturated carbocycles. The van der Waals surface area contributed by atoms with Crippen LogP contribution in [0.3, 0.4) is 0 Å². The van der Waals surface area contributed by atoms with Crippen LogP contribution >= 0.6 is 0 Å². The van der Waals surface area contributed by atoms with E-state index in [4.69, 9.17) is 9.22 Å². The van der Waals surface area contributed by atoms with Crippen LogP contribution in [0.1, 0.15) is 0 Å². The summed E-state index contributed by atoms with van der Waals surface area (Å²) in [5.41, 5.74) is 0. The summed E-state index contributed by atoms with van der Waals surface area (Å²) in [6, 6.07) is 0. The summed E-state index contributed by atoms with van der Waals surface area (Å²) in [5.74, 6) is 0. The summed E-state index contributed by atoms with van der Waals surface area (Å²) in [6.45, 7) is 0. The van der Waals surface area contributed by atoms with Crippen LogP contribution in [0.25, 0.3) is 0 Å². The predicted octanol–water partition coefficient (Wildman–Crippen LogP) is 0.494. The van der Waals surface area contributed by atoms with E-state index in [9.17, 15) is 0 Å². The molecule has 0 radical (unpaired) electrons. The molecule has 0 aromatic carbocycles. The van der Waals surface area contributed by atoms with Gasteiger partial charge in [-0.3, -0.25) is 0 Å². The summed E-state index contributed by atoms with van der Waals surface area (Å²) in [4.78, 5) is 1.90. The third-order valence-corrected chi connectivity index (χ3v) is 7.46. The number of hydrogen-bond acceptors (Lipinski definition) is 3. The first-order valence-electron chi connectivity index (χ1n) is 2.34. The minimum atomic E-state index is -2.84. The fourth-order valence-corrected chi connectivity index (χ4v) is 1.68. The molecule has 0 spiro atoms. The molecule has 0 aliphatic heterocycles. The maximum absolute atomic E-state index is 5.00. The fourth-order valence-electron chi connectivity index (χ4n) is 0.250. The van der Waals surface area contributed by atoms with Gasteiger partial charge in [0.25, 0.3) is 0 Å². The fraction of sp³-hybridized carbons (Fsp3) is 1.00. The zero-order valence-electron chi connectivity index (χ0n) is 5.72. The van der Waals surface area contributed by atoms with E-state index in [1.54, 1.807) is 21.3 Å². The van der Waals surface area contributed by atoms with E-state index in [1.165, 1.54) is 0 Å². The molecular formula is C4H12O3Sn. The molecule has 50 valence electrons. The molecule has 0 aliphatic rings. The van der Waals surface area contributed by atoms with Crippen molar-refractivity contribution in [3.63, 3.8) is 0 Å². The second-order valence-electron chi connectivity index (χ2n) is 1.47. The first-order chi connectivity index (χ1) is 3.68. The van der Waals surface area contributed by atoms with Gasteiger partial charge in [-0.05, 0) is 0 Å². The van der Waals surface area contributed by atoms with Gasteiger partial charge < -0.3 is 0 Å². The second-order valence-corrected chi connectivity index (χ2v) is 9.89. The maximum atomic E-state index is 5.00. The van der Waals surface area contributed by atoms with E-state index in [0.29, 0.717) is 0 Å². The first-order valence-corrected chi connectivity index (χ1v) is 8.69. The Labute approximate surface area is 55.4 Å². The first kappa shape index (κ1) is 8.68. The van der Waals surface area contributed by atoms with Gasteiger partial charge in [0.1, 0.15) is 0 Å². The van der Waals surface area contributed by atoms with Gasteiger partial charge in [0.2, 0.25) is 0 Å². The summed E-state index contributed by atoms with van der Waals surface area (Å²) < 4.78 is 15.0. The van der Waals surface area contributed by atoms with Crippen molar-refractivity contribution in [3.8, 4) is 0 Å². The van der Waals surface area contributed by atoms with Gasteiger partial charge in [0.05, 0.1) is 0 Å². The Balaban J connectivity index is 3.58. The Bertz CT molecular complexity index is 54.0. The van der Waals surface area contributed by atoms with Gasteiger partial charge in [-0.2, -0.15) is 0 Å². The van der Waals surface area contributed by atoms with E-state index < -0.39 is 19.6 Å². The van der Waals surface area contributed by atoms with E-state index in [-0.39, 0.29) is 0 Å². The van der Waals surface area contributed by atoms with Gasteiger partial charge in [-0.15, -0.1) is 0 Å². The van der Waals surface area contributed by atoms with Crippen molar-refractivity contribution in [2.45, 2.75) is 4.94 Å². The van der Waals surface area contributed by atoms with Crippen LogP contribution in [0.2, 0.25) is 4.94 Å². The van der Waals surface area contributed by atoms with Crippen LogP contribution < -0.4 is 0 Å². The zero-order valence-corrected chi connectivity index (χ0v) is 8.58. The van der Waals surface area contributed by atoms with Gasteiger partial charge in [-0.1, -0.05) is 0 Å². The van der Waals surface area contributed by atoms with E-state index in [0.717, 1.165) is 0 Å². The van der Waals surface area contributed by atoms with Gasteiger partial charge >= 0.3 is 55.1 Å². The molecule has 0 fully saturated rings. The van der Waals surface area contributed by atoms with Gasteiger partial charge in [-0.25, -0.2) is 0 Å². The Hall–Kier alpha value is 0.679. The van der Waals surface area contributed by atoms with Crippen molar-refractivity contribution in [2.75, 3.05) is 21.3 Å². The normalized spacial score (nSPS) is 12.0. The van der Waals surface area contributed by atoms with Crippen molar-refractivity contribution in [3.05, 3.63) is 0 Å². The van der Waals surface area contributed by atoms with Crippen LogP contribution in [0.15, 0.2) is 0 Å². The molecule has 0 saturated heterocycles. The molecule has 0 aromatic heterocycles. The predicted molar refractivity (Wildman–Crippen MR) is 32.6 cm³/mol. The average molecular weight is 227 g/mol. The quantitative estimate of drug-likeness (QED) is 0.656. The third kappa shape index (κ3) is 2.30. The molecule has 0 amide bonds. The van der Waals surface area contributed by atoms with Gasteiger partial charge in [0.15, 0.2) is 0 Å². The molecular weight excluding hydrogens is 215 g/mol. The summed E-state index contributed by atoms with van der Waals surface area (Å²) >= 11 is -2.84. The summed E-state index contributed by atoms with van der Waals surface area (Å²) in [5, 5.41) is 0. The zero-order chi connectivity index (χ0) is 6.62. The Morgan fingerprint density at radius 3 is 1.12 bits per heavy atom. The molecule has 0 aliphatic carbocycles. The van der Waals surface area contributed by atoms with Crippen molar-refractivity contribution in [1.29, 1.82) is 0 Å². The number of hydrogen-bond donors (Lipinski definition) is 0. The molecule has 3 nitrogen and oxygen atoms in total. The Morgan fingerprint density at radius 2 is 1.12 bits per heavy atom. The van der Waals surface area contributed by atoms with Crippen molar-refractivity contribution in [1.82, 2.24) is 0 Å². The molecule has 0 aromatic rings. The van der Waals surface area contributed by atoms with Crippen LogP contribution in [-0.4, -0.2) is 40.9 Å². The molecule has 4 heteroatoms. The van der Waals surface area contributed by atoms with Crippen molar-refractivity contribution < 1.29 is 9.22 Å². The molecule has 0 atom stereocenters. The minimum absolute atomic E-state index is 1.61. The Kier molecular flexibility index (Phi) is 3.97. The topological polar surface area (TPSA) is 27.7 Å². The van der Waals surface area contributed by atoms with Crippen molar-refractivity contribution in [2.24, 2.45) is 0 Å². The van der Waals surface area contributed by atoms with E-state index in [1.807, 2.05) is 4.94 Å². The second kappa shape index (κ2) is 3.66.